The second-order valence-electron chi connectivity index (χ2n) is 4.55. The SMILES string of the molecule is Cc1ccc(Sc2ccc([N+](=O)[O-])cc2C=CC(=O)[O-])cc1. The van der Waals surface area contributed by atoms with Crippen molar-refractivity contribution in [2.24, 2.45) is 0 Å². The zero-order chi connectivity index (χ0) is 16.1. The van der Waals surface area contributed by atoms with Gasteiger partial charge in [-0.2, -0.15) is 0 Å². The van der Waals surface area contributed by atoms with E-state index in [2.05, 4.69) is 0 Å². The summed E-state index contributed by atoms with van der Waals surface area (Å²) in [7, 11) is 0. The number of carbonyl (C=O) groups excluding carboxylic acids is 1. The maximum absolute atomic E-state index is 10.8. The Balaban J connectivity index is 2.38. The van der Waals surface area contributed by atoms with E-state index >= 15 is 0 Å². The van der Waals surface area contributed by atoms with Gasteiger partial charge >= 0.3 is 0 Å². The van der Waals surface area contributed by atoms with Crippen molar-refractivity contribution in [2.75, 3.05) is 0 Å². The summed E-state index contributed by atoms with van der Waals surface area (Å²) in [5.41, 5.74) is 1.50. The predicted molar refractivity (Wildman–Crippen MR) is 82.4 cm³/mol. The number of nitrogens with zero attached hydrogens (tertiary/aromatic N) is 1. The molecule has 0 aliphatic heterocycles. The van der Waals surface area contributed by atoms with Crippen molar-refractivity contribution < 1.29 is 14.8 Å². The summed E-state index contributed by atoms with van der Waals surface area (Å²) in [6.07, 6.45) is 2.16. The minimum Gasteiger partial charge on any atom is -0.545 e. The van der Waals surface area contributed by atoms with Crippen molar-refractivity contribution >= 4 is 29.5 Å². The summed E-state index contributed by atoms with van der Waals surface area (Å²) in [6.45, 7) is 1.98. The van der Waals surface area contributed by atoms with Crippen LogP contribution in [-0.4, -0.2) is 10.9 Å². The second-order valence-corrected chi connectivity index (χ2v) is 5.66. The molecule has 0 aliphatic carbocycles. The van der Waals surface area contributed by atoms with Gasteiger partial charge in [-0.05, 0) is 36.8 Å². The van der Waals surface area contributed by atoms with E-state index < -0.39 is 10.9 Å². The Morgan fingerprint density at radius 1 is 1.18 bits per heavy atom. The lowest BCUT2D eigenvalue weighted by Gasteiger charge is -2.07. The Hall–Kier alpha value is -2.60. The highest BCUT2D eigenvalue weighted by molar-refractivity contribution is 7.99. The van der Waals surface area contributed by atoms with Gasteiger partial charge in [0.1, 0.15) is 0 Å². The first-order valence-electron chi connectivity index (χ1n) is 6.38. The molecule has 0 heterocycles. The minimum absolute atomic E-state index is 0.0914. The zero-order valence-corrected chi connectivity index (χ0v) is 12.5. The van der Waals surface area contributed by atoms with E-state index in [0.29, 0.717) is 5.56 Å². The second kappa shape index (κ2) is 6.91. The average molecular weight is 314 g/mol. The number of carbonyl (C=O) groups is 1. The number of rotatable bonds is 5. The Labute approximate surface area is 131 Å². The standard InChI is InChI=1S/C16H13NO4S/c1-11-2-6-14(7-3-11)22-15-8-5-13(17(20)21)10-12(15)4-9-16(18)19/h2-10H,1H3,(H,18,19)/p-1. The summed E-state index contributed by atoms with van der Waals surface area (Å²) in [4.78, 5) is 22.6. The van der Waals surface area contributed by atoms with Gasteiger partial charge in [0, 0.05) is 21.9 Å². The van der Waals surface area contributed by atoms with Crippen LogP contribution in [0.25, 0.3) is 6.08 Å². The Kier molecular flexibility index (Phi) is 4.95. The van der Waals surface area contributed by atoms with E-state index in [9.17, 15) is 20.0 Å². The molecular formula is C16H12NO4S-. The molecule has 2 rings (SSSR count). The Bertz CT molecular complexity index is 738. The van der Waals surface area contributed by atoms with Crippen LogP contribution in [0.4, 0.5) is 5.69 Å². The van der Waals surface area contributed by atoms with Crippen LogP contribution in [0, 0.1) is 17.0 Å². The fourth-order valence-electron chi connectivity index (χ4n) is 1.76. The maximum atomic E-state index is 10.8. The molecule has 0 bridgehead atoms. The summed E-state index contributed by atoms with van der Waals surface area (Å²) in [5.74, 6) is -1.35. The molecule has 0 spiro atoms. The molecule has 0 fully saturated rings. The van der Waals surface area contributed by atoms with Crippen LogP contribution in [0.3, 0.4) is 0 Å². The largest absolute Gasteiger partial charge is 0.545 e. The highest BCUT2D eigenvalue weighted by Gasteiger charge is 2.10. The first kappa shape index (κ1) is 15.8. The highest BCUT2D eigenvalue weighted by Crippen LogP contribution is 2.33. The van der Waals surface area contributed by atoms with Gasteiger partial charge < -0.3 is 9.90 Å². The van der Waals surface area contributed by atoms with E-state index in [1.165, 1.54) is 30.0 Å². The monoisotopic (exact) mass is 314 g/mol. The van der Waals surface area contributed by atoms with Gasteiger partial charge in [-0.15, -0.1) is 0 Å². The molecule has 2 aromatic carbocycles. The average Bonchev–Trinajstić information content (AvgIpc) is 2.48. The number of nitro groups is 1. The first-order chi connectivity index (χ1) is 10.5. The third-order valence-corrected chi connectivity index (χ3v) is 3.95. The van der Waals surface area contributed by atoms with Crippen LogP contribution in [0.5, 0.6) is 0 Å². The normalized spacial score (nSPS) is 10.8. The number of benzene rings is 2. The molecule has 0 amide bonds. The van der Waals surface area contributed by atoms with Gasteiger partial charge in [0.2, 0.25) is 0 Å². The molecule has 0 saturated carbocycles. The summed E-state index contributed by atoms with van der Waals surface area (Å²) in [6, 6.07) is 12.1. The molecule has 0 saturated heterocycles. The Morgan fingerprint density at radius 3 is 2.45 bits per heavy atom. The summed E-state index contributed by atoms with van der Waals surface area (Å²) in [5, 5.41) is 21.4. The molecule has 5 nitrogen and oxygen atoms in total. The summed E-state index contributed by atoms with van der Waals surface area (Å²) < 4.78 is 0. The van der Waals surface area contributed by atoms with Gasteiger partial charge in [0.25, 0.3) is 5.69 Å². The number of hydrogen-bond donors (Lipinski definition) is 0. The zero-order valence-electron chi connectivity index (χ0n) is 11.7. The van der Waals surface area contributed by atoms with E-state index in [0.717, 1.165) is 21.4 Å². The van der Waals surface area contributed by atoms with Crippen LogP contribution in [-0.2, 0) is 4.79 Å². The molecule has 2 aromatic rings. The number of carboxylic acid groups (broad SMARTS) is 1. The molecule has 22 heavy (non-hydrogen) atoms. The van der Waals surface area contributed by atoms with Crippen molar-refractivity contribution in [3.63, 3.8) is 0 Å². The summed E-state index contributed by atoms with van der Waals surface area (Å²) >= 11 is 1.41. The van der Waals surface area contributed by atoms with Gasteiger partial charge in [0.15, 0.2) is 0 Å². The van der Waals surface area contributed by atoms with Gasteiger partial charge in [-0.3, -0.25) is 10.1 Å². The molecule has 6 heteroatoms. The van der Waals surface area contributed by atoms with Crippen molar-refractivity contribution in [3.05, 3.63) is 69.8 Å². The highest BCUT2D eigenvalue weighted by atomic mass is 32.2. The van der Waals surface area contributed by atoms with Crippen molar-refractivity contribution in [2.45, 2.75) is 16.7 Å². The lowest BCUT2D eigenvalue weighted by atomic mass is 10.2. The minimum atomic E-state index is -1.35. The van der Waals surface area contributed by atoms with Crippen molar-refractivity contribution in [1.82, 2.24) is 0 Å². The number of hydrogen-bond acceptors (Lipinski definition) is 5. The number of aryl methyl sites for hydroxylation is 1. The Morgan fingerprint density at radius 2 is 1.86 bits per heavy atom. The number of aliphatic carboxylic acids is 1. The van der Waals surface area contributed by atoms with Crippen molar-refractivity contribution in [3.8, 4) is 0 Å². The fourth-order valence-corrected chi connectivity index (χ4v) is 2.67. The third-order valence-electron chi connectivity index (χ3n) is 2.85. The van der Waals surface area contributed by atoms with Gasteiger partial charge in [-0.1, -0.05) is 35.5 Å². The molecule has 0 atom stereocenters. The van der Waals surface area contributed by atoms with E-state index in [-0.39, 0.29) is 5.69 Å². The smallest absolute Gasteiger partial charge is 0.270 e. The quantitative estimate of drug-likeness (QED) is 0.481. The van der Waals surface area contributed by atoms with Crippen molar-refractivity contribution in [1.29, 1.82) is 0 Å². The molecule has 0 N–H and O–H groups in total. The topological polar surface area (TPSA) is 83.3 Å². The molecule has 0 aliphatic rings. The van der Waals surface area contributed by atoms with Gasteiger partial charge in [0.05, 0.1) is 10.9 Å². The fraction of sp³-hybridized carbons (Fsp3) is 0.0625. The van der Waals surface area contributed by atoms with Crippen LogP contribution in [0.15, 0.2) is 58.3 Å². The lowest BCUT2D eigenvalue weighted by Crippen LogP contribution is -2.18. The lowest BCUT2D eigenvalue weighted by molar-refractivity contribution is -0.384. The first-order valence-corrected chi connectivity index (χ1v) is 7.19. The van der Waals surface area contributed by atoms with Crippen LogP contribution >= 0.6 is 11.8 Å². The molecule has 0 unspecified atom stereocenters. The molecule has 0 radical (unpaired) electrons. The third kappa shape index (κ3) is 4.20. The van der Waals surface area contributed by atoms with E-state index in [1.54, 1.807) is 6.07 Å². The van der Waals surface area contributed by atoms with Gasteiger partial charge in [-0.25, -0.2) is 0 Å². The van der Waals surface area contributed by atoms with E-state index in [4.69, 9.17) is 0 Å². The van der Waals surface area contributed by atoms with Crippen LogP contribution in [0.2, 0.25) is 0 Å². The maximum Gasteiger partial charge on any atom is 0.270 e. The number of carboxylic acids is 1. The predicted octanol–water partition coefficient (Wildman–Crippen LogP) is 2.82. The number of nitro benzene ring substituents is 1. The number of non-ortho nitro benzene ring substituents is 1. The van der Waals surface area contributed by atoms with Crippen LogP contribution in [0.1, 0.15) is 11.1 Å². The molecule has 0 aromatic heterocycles. The molecule has 112 valence electrons. The van der Waals surface area contributed by atoms with Crippen LogP contribution < -0.4 is 5.11 Å². The molecular weight excluding hydrogens is 302 g/mol. The van der Waals surface area contributed by atoms with E-state index in [1.807, 2.05) is 31.2 Å².